The molecule has 0 saturated carbocycles. The molecule has 2 aliphatic heterocycles. The van der Waals surface area contributed by atoms with E-state index < -0.39 is 24.3 Å². The number of hydrogen-bond donors (Lipinski definition) is 3. The molecule has 0 radical (unpaired) electrons. The maximum atomic E-state index is 12.8. The molecule has 0 atom stereocenters. The minimum Gasteiger partial charge on any atom is -0.485 e. The number of ether oxygens (including phenoxy) is 1. The maximum Gasteiger partial charge on any atom is 0.490 e. The van der Waals surface area contributed by atoms with E-state index in [1.54, 1.807) is 0 Å². The number of aromatic nitrogens is 4. The number of nitrogens with zero attached hydrogens (tertiary/aromatic N) is 5. The zero-order chi connectivity index (χ0) is 35.2. The number of benzene rings is 1. The first-order valence-corrected chi connectivity index (χ1v) is 14.1. The number of aryl methyl sites for hydroxylation is 1. The van der Waals surface area contributed by atoms with Gasteiger partial charge >= 0.3 is 24.3 Å². The van der Waals surface area contributed by atoms with E-state index in [-0.39, 0.29) is 17.6 Å². The molecule has 12 nitrogen and oxygen atoms in total. The second-order valence-corrected chi connectivity index (χ2v) is 11.0. The number of nitrogens with one attached hydrogen (secondary N) is 1. The Morgan fingerprint density at radius 3 is 2.04 bits per heavy atom. The van der Waals surface area contributed by atoms with Gasteiger partial charge in [-0.15, -0.1) is 10.2 Å². The van der Waals surface area contributed by atoms with Gasteiger partial charge in [0.15, 0.2) is 0 Å². The number of likely N-dealkylation sites (tertiary alicyclic amines) is 1. The number of rotatable bonds is 4. The summed E-state index contributed by atoms with van der Waals surface area (Å²) >= 11 is 0. The predicted octanol–water partition coefficient (Wildman–Crippen LogP) is 4.35. The molecule has 18 heteroatoms. The highest BCUT2D eigenvalue weighted by atomic mass is 19.4. The Morgan fingerprint density at radius 1 is 0.936 bits per heavy atom. The van der Waals surface area contributed by atoms with Crippen LogP contribution < -0.4 is 10.1 Å². The second-order valence-electron chi connectivity index (χ2n) is 11.0. The molecular formula is C29H32F6N6O6. The lowest BCUT2D eigenvalue weighted by Crippen LogP contribution is -2.49. The topological polar surface area (TPSA) is 160 Å². The zero-order valence-corrected chi connectivity index (χ0v) is 25.4. The lowest BCUT2D eigenvalue weighted by Gasteiger charge is -2.40. The van der Waals surface area contributed by atoms with Gasteiger partial charge in [-0.05, 0) is 45.0 Å². The molecule has 4 heterocycles. The van der Waals surface area contributed by atoms with Crippen molar-refractivity contribution in [2.24, 2.45) is 0 Å². The van der Waals surface area contributed by atoms with Gasteiger partial charge in [0.1, 0.15) is 17.2 Å². The Labute approximate surface area is 264 Å². The van der Waals surface area contributed by atoms with Gasteiger partial charge in [0, 0.05) is 50.6 Å². The summed E-state index contributed by atoms with van der Waals surface area (Å²) in [6.45, 7) is 8.55. The first-order valence-electron chi connectivity index (χ1n) is 14.1. The molecule has 3 aromatic rings. The van der Waals surface area contributed by atoms with Crippen LogP contribution in [0.15, 0.2) is 42.5 Å². The number of carbonyl (C=O) groups excluding carboxylic acids is 1. The van der Waals surface area contributed by atoms with E-state index in [0.29, 0.717) is 12.2 Å². The molecule has 256 valence electrons. The van der Waals surface area contributed by atoms with E-state index in [0.717, 1.165) is 61.1 Å². The fourth-order valence-electron chi connectivity index (χ4n) is 4.76. The van der Waals surface area contributed by atoms with Crippen LogP contribution in [-0.4, -0.2) is 89.8 Å². The van der Waals surface area contributed by atoms with Crippen LogP contribution in [0.25, 0.3) is 5.69 Å². The molecular weight excluding hydrogens is 642 g/mol. The van der Waals surface area contributed by atoms with E-state index in [1.165, 1.54) is 0 Å². The molecule has 0 unspecified atom stereocenters. The van der Waals surface area contributed by atoms with Crippen molar-refractivity contribution in [1.29, 1.82) is 0 Å². The monoisotopic (exact) mass is 674 g/mol. The number of aliphatic carboxylic acids is 2. The van der Waals surface area contributed by atoms with Crippen molar-refractivity contribution < 1.29 is 55.7 Å². The van der Waals surface area contributed by atoms with Crippen molar-refractivity contribution in [2.45, 2.75) is 70.6 Å². The van der Waals surface area contributed by atoms with Crippen molar-refractivity contribution in [3.05, 3.63) is 65.5 Å². The van der Waals surface area contributed by atoms with Crippen LogP contribution in [0.1, 0.15) is 54.5 Å². The summed E-state index contributed by atoms with van der Waals surface area (Å²) in [6.07, 6.45) is -7.82. The van der Waals surface area contributed by atoms with Crippen LogP contribution in [0.2, 0.25) is 0 Å². The van der Waals surface area contributed by atoms with Crippen molar-refractivity contribution >= 4 is 17.8 Å². The van der Waals surface area contributed by atoms with E-state index in [4.69, 9.17) is 24.5 Å². The summed E-state index contributed by atoms with van der Waals surface area (Å²) in [5.74, 6) is -3.91. The molecule has 5 rings (SSSR count). The summed E-state index contributed by atoms with van der Waals surface area (Å²) < 4.78 is 72.0. The van der Waals surface area contributed by atoms with Crippen molar-refractivity contribution in [3.8, 4) is 11.4 Å². The van der Waals surface area contributed by atoms with E-state index in [2.05, 4.69) is 37.5 Å². The largest absolute Gasteiger partial charge is 0.490 e. The fraction of sp³-hybridized carbons (Fsp3) is 0.448. The van der Waals surface area contributed by atoms with Gasteiger partial charge in [-0.3, -0.25) is 19.2 Å². The summed E-state index contributed by atoms with van der Waals surface area (Å²) in [4.78, 5) is 37.7. The smallest absolute Gasteiger partial charge is 0.485 e. The number of amides is 1. The molecule has 2 aliphatic rings. The minimum absolute atomic E-state index is 0.0151. The normalized spacial score (nSPS) is 15.4. The number of fused-ring (bicyclic) bond motifs is 3. The Balaban J connectivity index is 0.000000360. The number of halogens is 6. The van der Waals surface area contributed by atoms with Crippen LogP contribution in [0.5, 0.6) is 5.75 Å². The van der Waals surface area contributed by atoms with Crippen LogP contribution in [0.3, 0.4) is 0 Å². The summed E-state index contributed by atoms with van der Waals surface area (Å²) in [6, 6.07) is 14.0. The quantitative estimate of drug-likeness (QED) is 0.340. The van der Waals surface area contributed by atoms with Gasteiger partial charge in [-0.25, -0.2) is 9.59 Å². The van der Waals surface area contributed by atoms with Gasteiger partial charge in [-0.2, -0.15) is 26.3 Å². The number of hydrogen-bond acceptors (Lipinski definition) is 8. The third-order valence-corrected chi connectivity index (χ3v) is 6.85. The number of carboxylic acid groups (broad SMARTS) is 2. The first-order chi connectivity index (χ1) is 21.8. The van der Waals surface area contributed by atoms with Crippen LogP contribution >= 0.6 is 0 Å². The molecule has 47 heavy (non-hydrogen) atoms. The molecule has 1 spiro atoms. The fourth-order valence-corrected chi connectivity index (χ4v) is 4.76. The number of pyridine rings is 1. The van der Waals surface area contributed by atoms with Gasteiger partial charge in [-0.1, -0.05) is 18.2 Å². The SMILES string of the molecule is Cc1cccc(CN2CCC3(CC2)Cc2nnc(C(=O)NC(C)C)n2-c2ccccc2O3)n1.O=C(O)C(F)(F)F.O=C(O)C(F)(F)F. The molecule has 0 aliphatic carbocycles. The molecule has 0 bridgehead atoms. The number of para-hydroxylation sites is 2. The van der Waals surface area contributed by atoms with Crippen LogP contribution in [0.4, 0.5) is 26.3 Å². The highest BCUT2D eigenvalue weighted by Crippen LogP contribution is 2.39. The van der Waals surface area contributed by atoms with Crippen LogP contribution in [-0.2, 0) is 22.6 Å². The highest BCUT2D eigenvalue weighted by Gasteiger charge is 2.42. The van der Waals surface area contributed by atoms with Gasteiger partial charge in [0.05, 0.1) is 11.4 Å². The summed E-state index contributed by atoms with van der Waals surface area (Å²) in [7, 11) is 0. The van der Waals surface area contributed by atoms with Crippen molar-refractivity contribution in [2.75, 3.05) is 13.1 Å². The zero-order valence-electron chi connectivity index (χ0n) is 25.4. The van der Waals surface area contributed by atoms with Crippen LogP contribution in [0, 0.1) is 6.92 Å². The average molecular weight is 675 g/mol. The lowest BCUT2D eigenvalue weighted by molar-refractivity contribution is -0.193. The third-order valence-electron chi connectivity index (χ3n) is 6.85. The minimum atomic E-state index is -5.08. The molecule has 3 N–H and O–H groups in total. The lowest BCUT2D eigenvalue weighted by atomic mass is 9.87. The van der Waals surface area contributed by atoms with Crippen molar-refractivity contribution in [3.63, 3.8) is 0 Å². The number of alkyl halides is 6. The third kappa shape index (κ3) is 10.1. The average Bonchev–Trinajstić information content (AvgIpc) is 3.31. The molecule has 2 aromatic heterocycles. The van der Waals surface area contributed by atoms with Gasteiger partial charge in [0.25, 0.3) is 5.91 Å². The molecule has 1 aromatic carbocycles. The molecule has 1 amide bonds. The Hall–Kier alpha value is -4.74. The Bertz CT molecular complexity index is 1540. The van der Waals surface area contributed by atoms with E-state index >= 15 is 0 Å². The summed E-state index contributed by atoms with van der Waals surface area (Å²) in [5.41, 5.74) is 2.58. The Kier molecular flexibility index (Phi) is 11.6. The van der Waals surface area contributed by atoms with Crippen molar-refractivity contribution in [1.82, 2.24) is 30.0 Å². The maximum absolute atomic E-state index is 12.8. The molecule has 1 fully saturated rings. The van der Waals surface area contributed by atoms with E-state index in [9.17, 15) is 31.1 Å². The highest BCUT2D eigenvalue weighted by molar-refractivity contribution is 5.91. The number of piperidine rings is 1. The number of carboxylic acids is 2. The molecule has 1 saturated heterocycles. The van der Waals surface area contributed by atoms with Gasteiger partial charge < -0.3 is 20.3 Å². The Morgan fingerprint density at radius 2 is 1.51 bits per heavy atom. The van der Waals surface area contributed by atoms with E-state index in [1.807, 2.05) is 55.7 Å². The second kappa shape index (κ2) is 14.8. The standard InChI is InChI=1S/C25H30N6O2.2C2HF3O2/c1-17(2)26-24(32)23-29-28-22-15-25(33-21-10-5-4-9-20(21)31(22)23)11-13-30(14-12-25)16-19-8-6-7-18(3)27-19;2*3-2(4,5)1(6)7/h4-10,17H,11-16H2,1-3H3,(H,26,32);2*(H,6,7). The first kappa shape index (κ1) is 36.7. The van der Waals surface area contributed by atoms with Gasteiger partial charge in [0.2, 0.25) is 5.82 Å². The predicted molar refractivity (Wildman–Crippen MR) is 152 cm³/mol. The summed E-state index contributed by atoms with van der Waals surface area (Å²) in [5, 5.41) is 25.9. The number of carbonyl (C=O) groups is 3.